The predicted octanol–water partition coefficient (Wildman–Crippen LogP) is 2.45. The molecule has 3 heterocycles. The smallest absolute Gasteiger partial charge is 0.258 e. The molecule has 1 aliphatic rings. The lowest BCUT2D eigenvalue weighted by molar-refractivity contribution is 0.0680. The first kappa shape index (κ1) is 16.7. The van der Waals surface area contributed by atoms with Crippen molar-refractivity contribution in [2.45, 2.75) is 32.0 Å². The summed E-state index contributed by atoms with van der Waals surface area (Å²) < 4.78 is 12.9. The number of carbonyl (C=O) groups excluding carboxylic acids is 1. The van der Waals surface area contributed by atoms with Gasteiger partial charge in [0.25, 0.3) is 5.91 Å². The fourth-order valence-corrected chi connectivity index (χ4v) is 3.68. The van der Waals surface area contributed by atoms with Crippen LogP contribution in [0.1, 0.15) is 22.3 Å². The van der Waals surface area contributed by atoms with Gasteiger partial charge in [-0.05, 0) is 25.0 Å². The Hall–Kier alpha value is -2.80. The molecule has 1 aromatic carbocycles. The lowest BCUT2D eigenvalue weighted by atomic mass is 10.1. The zero-order valence-electron chi connectivity index (χ0n) is 14.9. The summed E-state index contributed by atoms with van der Waals surface area (Å²) in [6, 6.07) is 7.58. The van der Waals surface area contributed by atoms with E-state index >= 15 is 0 Å². The average Bonchev–Trinajstić information content (AvgIpc) is 3.33. The van der Waals surface area contributed by atoms with Crippen LogP contribution in [-0.2, 0) is 11.3 Å². The second kappa shape index (κ2) is 6.49. The van der Waals surface area contributed by atoms with Crippen LogP contribution < -0.4 is 5.73 Å². The summed E-state index contributed by atoms with van der Waals surface area (Å²) in [7, 11) is 1.68. The summed E-state index contributed by atoms with van der Waals surface area (Å²) in [6.07, 6.45) is 4.16. The van der Waals surface area contributed by atoms with E-state index in [1.165, 1.54) is 0 Å². The van der Waals surface area contributed by atoms with Crippen LogP contribution in [0.5, 0.6) is 0 Å². The first-order valence-electron chi connectivity index (χ1n) is 8.66. The highest BCUT2D eigenvalue weighted by molar-refractivity contribution is 6.06. The molecule has 26 heavy (non-hydrogen) atoms. The minimum Gasteiger partial charge on any atom is -0.463 e. The van der Waals surface area contributed by atoms with Gasteiger partial charge in [0.1, 0.15) is 17.7 Å². The average molecular weight is 354 g/mol. The third kappa shape index (κ3) is 2.84. The zero-order valence-corrected chi connectivity index (χ0v) is 14.9. The van der Waals surface area contributed by atoms with Crippen LogP contribution in [0.2, 0.25) is 0 Å². The molecule has 7 heteroatoms. The highest BCUT2D eigenvalue weighted by Crippen LogP contribution is 2.29. The number of nitrogens with two attached hydrogens (primary N) is 1. The summed E-state index contributed by atoms with van der Waals surface area (Å²) in [5, 5.41) is 5.09. The van der Waals surface area contributed by atoms with Crippen LogP contribution in [0.4, 0.5) is 5.82 Å². The number of ether oxygens (including phenoxy) is 1. The van der Waals surface area contributed by atoms with Crippen molar-refractivity contribution in [3.63, 3.8) is 0 Å². The summed E-state index contributed by atoms with van der Waals surface area (Å²) in [5.41, 5.74) is 8.07. The SMILES string of the molecule is CO[C@@H]1C[C@@H](Cn2ccc(N)n2)N(C(=O)c2coc3c(C)cccc23)C1. The van der Waals surface area contributed by atoms with Crippen LogP contribution in [0.3, 0.4) is 0 Å². The quantitative estimate of drug-likeness (QED) is 0.778. The van der Waals surface area contributed by atoms with E-state index in [0.717, 1.165) is 23.0 Å². The minimum atomic E-state index is -0.0426. The Morgan fingerprint density at radius 2 is 2.27 bits per heavy atom. The number of fused-ring (bicyclic) bond motifs is 1. The number of aromatic nitrogens is 2. The van der Waals surface area contributed by atoms with Crippen LogP contribution in [-0.4, -0.2) is 46.4 Å². The third-order valence-electron chi connectivity index (χ3n) is 5.06. The Bertz CT molecular complexity index is 945. The van der Waals surface area contributed by atoms with Crippen molar-refractivity contribution in [3.05, 3.63) is 47.9 Å². The van der Waals surface area contributed by atoms with Gasteiger partial charge in [-0.3, -0.25) is 9.48 Å². The van der Waals surface area contributed by atoms with E-state index < -0.39 is 0 Å². The van der Waals surface area contributed by atoms with Gasteiger partial charge >= 0.3 is 0 Å². The second-order valence-electron chi connectivity index (χ2n) is 6.77. The van der Waals surface area contributed by atoms with Crippen molar-refractivity contribution < 1.29 is 13.9 Å². The number of nitrogens with zero attached hydrogens (tertiary/aromatic N) is 3. The molecule has 2 N–H and O–H groups in total. The highest BCUT2D eigenvalue weighted by Gasteiger charge is 2.37. The van der Waals surface area contributed by atoms with E-state index in [1.54, 1.807) is 24.1 Å². The number of likely N-dealkylation sites (tertiary alicyclic amines) is 1. The number of rotatable bonds is 4. The monoisotopic (exact) mass is 354 g/mol. The lowest BCUT2D eigenvalue weighted by Gasteiger charge is -2.24. The normalized spacial score (nSPS) is 20.2. The Morgan fingerprint density at radius 1 is 1.42 bits per heavy atom. The molecule has 1 fully saturated rings. The molecule has 0 bridgehead atoms. The van der Waals surface area contributed by atoms with Gasteiger partial charge in [0.2, 0.25) is 0 Å². The number of para-hydroxylation sites is 1. The maximum atomic E-state index is 13.3. The van der Waals surface area contributed by atoms with Crippen molar-refractivity contribution in [2.75, 3.05) is 19.4 Å². The molecule has 1 aliphatic heterocycles. The molecule has 1 saturated heterocycles. The van der Waals surface area contributed by atoms with Gasteiger partial charge in [0.15, 0.2) is 0 Å². The fraction of sp³-hybridized carbons (Fsp3) is 0.368. The number of hydrogen-bond acceptors (Lipinski definition) is 5. The van der Waals surface area contributed by atoms with Gasteiger partial charge in [-0.15, -0.1) is 0 Å². The zero-order chi connectivity index (χ0) is 18.3. The molecule has 0 saturated carbocycles. The van der Waals surface area contributed by atoms with Crippen molar-refractivity contribution in [1.29, 1.82) is 0 Å². The van der Waals surface area contributed by atoms with E-state index in [0.29, 0.717) is 24.5 Å². The highest BCUT2D eigenvalue weighted by atomic mass is 16.5. The molecule has 0 unspecified atom stereocenters. The van der Waals surface area contributed by atoms with E-state index in [9.17, 15) is 4.79 Å². The van der Waals surface area contributed by atoms with Crippen molar-refractivity contribution in [1.82, 2.24) is 14.7 Å². The van der Waals surface area contributed by atoms with Crippen LogP contribution in [0, 0.1) is 6.92 Å². The Labute approximate surface area is 151 Å². The van der Waals surface area contributed by atoms with Crippen molar-refractivity contribution >= 4 is 22.7 Å². The minimum absolute atomic E-state index is 0.0109. The number of furan rings is 1. The molecule has 4 rings (SSSR count). The molecular formula is C19H22N4O3. The van der Waals surface area contributed by atoms with E-state index in [1.807, 2.05) is 36.2 Å². The first-order valence-corrected chi connectivity index (χ1v) is 8.66. The Morgan fingerprint density at radius 3 is 3.00 bits per heavy atom. The molecule has 0 spiro atoms. The van der Waals surface area contributed by atoms with E-state index in [-0.39, 0.29) is 18.1 Å². The number of anilines is 1. The van der Waals surface area contributed by atoms with Gasteiger partial charge in [0.05, 0.1) is 24.3 Å². The first-order chi connectivity index (χ1) is 12.6. The van der Waals surface area contributed by atoms with Gasteiger partial charge in [-0.2, -0.15) is 5.10 Å². The topological polar surface area (TPSA) is 86.5 Å². The fourth-order valence-electron chi connectivity index (χ4n) is 3.68. The number of aryl methyl sites for hydroxylation is 1. The van der Waals surface area contributed by atoms with Crippen LogP contribution >= 0.6 is 0 Å². The number of methoxy groups -OCH3 is 1. The number of nitrogen functional groups attached to an aromatic ring is 1. The Balaban J connectivity index is 1.64. The molecule has 3 aromatic rings. The summed E-state index contributed by atoms with van der Waals surface area (Å²) in [5.74, 6) is 0.430. The van der Waals surface area contributed by atoms with Crippen molar-refractivity contribution in [3.8, 4) is 0 Å². The number of benzene rings is 1. The van der Waals surface area contributed by atoms with Crippen LogP contribution in [0.25, 0.3) is 11.0 Å². The Kier molecular flexibility index (Phi) is 4.16. The molecule has 0 radical (unpaired) electrons. The largest absolute Gasteiger partial charge is 0.463 e. The molecule has 136 valence electrons. The van der Waals surface area contributed by atoms with Gasteiger partial charge in [-0.25, -0.2) is 0 Å². The number of amides is 1. The molecular weight excluding hydrogens is 332 g/mol. The summed E-state index contributed by atoms with van der Waals surface area (Å²) in [6.45, 7) is 3.11. The molecule has 0 aliphatic carbocycles. The molecule has 2 atom stereocenters. The van der Waals surface area contributed by atoms with Crippen LogP contribution in [0.15, 0.2) is 41.1 Å². The molecule has 2 aromatic heterocycles. The predicted molar refractivity (Wildman–Crippen MR) is 97.8 cm³/mol. The van der Waals surface area contributed by atoms with Crippen molar-refractivity contribution in [2.24, 2.45) is 0 Å². The third-order valence-corrected chi connectivity index (χ3v) is 5.06. The maximum Gasteiger partial charge on any atom is 0.258 e. The lowest BCUT2D eigenvalue weighted by Crippen LogP contribution is -2.38. The number of hydrogen-bond donors (Lipinski definition) is 1. The summed E-state index contributed by atoms with van der Waals surface area (Å²) in [4.78, 5) is 15.1. The van der Waals surface area contributed by atoms with E-state index in [2.05, 4.69) is 5.10 Å². The van der Waals surface area contributed by atoms with Gasteiger partial charge in [-0.1, -0.05) is 18.2 Å². The number of carbonyl (C=O) groups is 1. The molecule has 1 amide bonds. The molecule has 7 nitrogen and oxygen atoms in total. The van der Waals surface area contributed by atoms with Gasteiger partial charge in [0, 0.05) is 25.2 Å². The van der Waals surface area contributed by atoms with E-state index in [4.69, 9.17) is 14.9 Å². The summed E-state index contributed by atoms with van der Waals surface area (Å²) >= 11 is 0. The standard InChI is InChI=1S/C19H22N4O3/c1-12-4-3-5-15-16(11-26-18(12)15)19(24)23-10-14(25-2)8-13(23)9-22-7-6-17(20)21-22/h3-7,11,13-14H,8-10H2,1-2H3,(H2,20,21)/t13-,14+/m0/s1. The second-order valence-corrected chi connectivity index (χ2v) is 6.77. The maximum absolute atomic E-state index is 13.3. The van der Waals surface area contributed by atoms with Gasteiger partial charge < -0.3 is 19.8 Å².